The van der Waals surface area contributed by atoms with E-state index in [1.54, 1.807) is 0 Å². The highest BCUT2D eigenvalue weighted by molar-refractivity contribution is 5.20. The monoisotopic (exact) mass is 260 g/mol. The van der Waals surface area contributed by atoms with Crippen LogP contribution in [0.15, 0.2) is 30.3 Å². The molecule has 0 bridgehead atoms. The lowest BCUT2D eigenvalue weighted by Crippen LogP contribution is -2.52. The maximum absolute atomic E-state index is 3.73. The summed E-state index contributed by atoms with van der Waals surface area (Å²) in [7, 11) is 0. The minimum Gasteiger partial charge on any atom is -0.311 e. The van der Waals surface area contributed by atoms with Crippen molar-refractivity contribution >= 4 is 0 Å². The molecule has 2 atom stereocenters. The molecule has 1 aliphatic heterocycles. The fourth-order valence-electron chi connectivity index (χ4n) is 3.04. The van der Waals surface area contributed by atoms with E-state index in [2.05, 4.69) is 54.4 Å². The van der Waals surface area contributed by atoms with E-state index in [1.165, 1.54) is 44.3 Å². The van der Waals surface area contributed by atoms with Gasteiger partial charge in [-0.25, -0.2) is 0 Å². The van der Waals surface area contributed by atoms with Gasteiger partial charge < -0.3 is 5.32 Å². The predicted molar refractivity (Wildman–Crippen MR) is 82.4 cm³/mol. The van der Waals surface area contributed by atoms with Crippen LogP contribution >= 0.6 is 0 Å². The van der Waals surface area contributed by atoms with E-state index in [0.717, 1.165) is 6.54 Å². The highest BCUT2D eigenvalue weighted by Crippen LogP contribution is 2.24. The number of benzene rings is 1. The van der Waals surface area contributed by atoms with Gasteiger partial charge in [0.15, 0.2) is 0 Å². The predicted octanol–water partition coefficient (Wildman–Crippen LogP) is 3.60. The lowest BCUT2D eigenvalue weighted by atomic mass is 9.99. The van der Waals surface area contributed by atoms with E-state index < -0.39 is 0 Å². The van der Waals surface area contributed by atoms with E-state index in [-0.39, 0.29) is 0 Å². The standard InChI is InChI=1S/C17H28N2/c1-3-5-12-19-14-16(9-4-2)18-13-17(19)15-10-7-6-8-11-15/h6-8,10-11,16-18H,3-5,9,12-14H2,1-2H3. The topological polar surface area (TPSA) is 15.3 Å². The van der Waals surface area contributed by atoms with Crippen molar-refractivity contribution in [1.29, 1.82) is 0 Å². The zero-order valence-corrected chi connectivity index (χ0v) is 12.4. The molecule has 0 saturated carbocycles. The van der Waals surface area contributed by atoms with Gasteiger partial charge in [0, 0.05) is 25.2 Å². The van der Waals surface area contributed by atoms with Crippen LogP contribution < -0.4 is 5.32 Å². The first-order valence-corrected chi connectivity index (χ1v) is 7.87. The molecule has 1 aromatic carbocycles. The van der Waals surface area contributed by atoms with E-state index >= 15 is 0 Å². The first kappa shape index (κ1) is 14.5. The third-order valence-corrected chi connectivity index (χ3v) is 4.12. The summed E-state index contributed by atoms with van der Waals surface area (Å²) in [5, 5.41) is 3.73. The number of nitrogens with one attached hydrogen (secondary N) is 1. The molecule has 0 aromatic heterocycles. The molecule has 0 aliphatic carbocycles. The molecule has 2 heteroatoms. The molecule has 1 aliphatic rings. The minimum absolute atomic E-state index is 0.556. The molecule has 2 rings (SSSR count). The van der Waals surface area contributed by atoms with Crippen molar-refractivity contribution in [2.75, 3.05) is 19.6 Å². The molecule has 1 heterocycles. The lowest BCUT2D eigenvalue weighted by Gasteiger charge is -2.41. The molecule has 1 aromatic rings. The summed E-state index contributed by atoms with van der Waals surface area (Å²) in [6.07, 6.45) is 5.16. The Bertz CT molecular complexity index is 350. The summed E-state index contributed by atoms with van der Waals surface area (Å²) in [6, 6.07) is 12.2. The van der Waals surface area contributed by atoms with Gasteiger partial charge in [0.1, 0.15) is 0 Å². The van der Waals surface area contributed by atoms with Gasteiger partial charge in [-0.05, 0) is 24.9 Å². The number of hydrogen-bond donors (Lipinski definition) is 1. The van der Waals surface area contributed by atoms with Crippen molar-refractivity contribution < 1.29 is 0 Å². The second kappa shape index (κ2) is 7.66. The van der Waals surface area contributed by atoms with E-state index in [4.69, 9.17) is 0 Å². The average molecular weight is 260 g/mol. The Morgan fingerprint density at radius 2 is 1.95 bits per heavy atom. The molecule has 1 saturated heterocycles. The SMILES string of the molecule is CCCCN1CC(CCC)NCC1c1ccccc1. The van der Waals surface area contributed by atoms with Gasteiger partial charge in [-0.2, -0.15) is 0 Å². The van der Waals surface area contributed by atoms with Gasteiger partial charge in [0.25, 0.3) is 0 Å². The zero-order chi connectivity index (χ0) is 13.5. The molecule has 1 N–H and O–H groups in total. The summed E-state index contributed by atoms with van der Waals surface area (Å²) in [5.74, 6) is 0. The Morgan fingerprint density at radius 1 is 1.16 bits per heavy atom. The second-order valence-electron chi connectivity index (χ2n) is 5.67. The summed E-state index contributed by atoms with van der Waals surface area (Å²) in [4.78, 5) is 2.69. The maximum Gasteiger partial charge on any atom is 0.0473 e. The molecular weight excluding hydrogens is 232 g/mol. The van der Waals surface area contributed by atoms with Crippen molar-refractivity contribution in [3.63, 3.8) is 0 Å². The van der Waals surface area contributed by atoms with Gasteiger partial charge in [-0.15, -0.1) is 0 Å². The maximum atomic E-state index is 3.73. The molecule has 0 spiro atoms. The number of piperazine rings is 1. The quantitative estimate of drug-likeness (QED) is 0.840. The van der Waals surface area contributed by atoms with Crippen LogP contribution in [0, 0.1) is 0 Å². The largest absolute Gasteiger partial charge is 0.311 e. The molecule has 1 fully saturated rings. The van der Waals surface area contributed by atoms with Gasteiger partial charge in [-0.1, -0.05) is 57.0 Å². The van der Waals surface area contributed by atoms with Crippen LogP contribution in [0.5, 0.6) is 0 Å². The molecular formula is C17H28N2. The summed E-state index contributed by atoms with van der Waals surface area (Å²) >= 11 is 0. The van der Waals surface area contributed by atoms with Crippen molar-refractivity contribution in [1.82, 2.24) is 10.2 Å². The average Bonchev–Trinajstić information content (AvgIpc) is 2.46. The highest BCUT2D eigenvalue weighted by atomic mass is 15.2. The molecule has 19 heavy (non-hydrogen) atoms. The van der Waals surface area contributed by atoms with Crippen molar-refractivity contribution in [2.45, 2.75) is 51.6 Å². The molecule has 2 unspecified atom stereocenters. The van der Waals surface area contributed by atoms with Crippen LogP contribution in [0.4, 0.5) is 0 Å². The van der Waals surface area contributed by atoms with E-state index in [1.807, 2.05) is 0 Å². The first-order chi connectivity index (χ1) is 9.35. The van der Waals surface area contributed by atoms with Crippen LogP contribution in [0.25, 0.3) is 0 Å². The highest BCUT2D eigenvalue weighted by Gasteiger charge is 2.27. The fourth-order valence-corrected chi connectivity index (χ4v) is 3.04. The number of hydrogen-bond acceptors (Lipinski definition) is 2. The fraction of sp³-hybridized carbons (Fsp3) is 0.647. The Hall–Kier alpha value is -0.860. The Balaban J connectivity index is 2.04. The third kappa shape index (κ3) is 4.05. The van der Waals surface area contributed by atoms with Crippen molar-refractivity contribution in [3.8, 4) is 0 Å². The van der Waals surface area contributed by atoms with Crippen LogP contribution in [0.2, 0.25) is 0 Å². The Kier molecular flexibility index (Phi) is 5.87. The van der Waals surface area contributed by atoms with Crippen LogP contribution in [-0.2, 0) is 0 Å². The van der Waals surface area contributed by atoms with Crippen LogP contribution in [0.1, 0.15) is 51.1 Å². The Labute approximate surface area is 118 Å². The van der Waals surface area contributed by atoms with Gasteiger partial charge >= 0.3 is 0 Å². The third-order valence-electron chi connectivity index (χ3n) is 4.12. The number of nitrogens with zero attached hydrogens (tertiary/aromatic N) is 1. The summed E-state index contributed by atoms with van der Waals surface area (Å²) < 4.78 is 0. The second-order valence-corrected chi connectivity index (χ2v) is 5.67. The van der Waals surface area contributed by atoms with Gasteiger partial charge in [0.2, 0.25) is 0 Å². The lowest BCUT2D eigenvalue weighted by molar-refractivity contribution is 0.124. The molecule has 0 amide bonds. The van der Waals surface area contributed by atoms with Crippen molar-refractivity contribution in [3.05, 3.63) is 35.9 Å². The normalized spacial score (nSPS) is 24.5. The van der Waals surface area contributed by atoms with E-state index in [9.17, 15) is 0 Å². The zero-order valence-electron chi connectivity index (χ0n) is 12.4. The van der Waals surface area contributed by atoms with Crippen LogP contribution in [-0.4, -0.2) is 30.6 Å². The van der Waals surface area contributed by atoms with Crippen LogP contribution in [0.3, 0.4) is 0 Å². The molecule has 106 valence electrons. The smallest absolute Gasteiger partial charge is 0.0473 e. The van der Waals surface area contributed by atoms with E-state index in [0.29, 0.717) is 12.1 Å². The summed E-state index contributed by atoms with van der Waals surface area (Å²) in [5.41, 5.74) is 1.46. The molecule has 2 nitrogen and oxygen atoms in total. The van der Waals surface area contributed by atoms with Crippen molar-refractivity contribution in [2.24, 2.45) is 0 Å². The first-order valence-electron chi connectivity index (χ1n) is 7.87. The number of unbranched alkanes of at least 4 members (excludes halogenated alkanes) is 1. The summed E-state index contributed by atoms with van der Waals surface area (Å²) in [6.45, 7) is 8.09. The number of rotatable bonds is 6. The Morgan fingerprint density at radius 3 is 2.63 bits per heavy atom. The minimum atomic E-state index is 0.556. The van der Waals surface area contributed by atoms with Gasteiger partial charge in [0.05, 0.1) is 0 Å². The molecule has 0 radical (unpaired) electrons. The van der Waals surface area contributed by atoms with Gasteiger partial charge in [-0.3, -0.25) is 4.90 Å².